The van der Waals surface area contributed by atoms with Gasteiger partial charge >= 0.3 is 0 Å². The van der Waals surface area contributed by atoms with E-state index in [1.807, 2.05) is 0 Å². The average Bonchev–Trinajstić information content (AvgIpc) is 2.41. The monoisotopic (exact) mass is 322 g/mol. The van der Waals surface area contributed by atoms with E-state index in [1.54, 1.807) is 43.6 Å². The molecule has 0 atom stereocenters. The van der Waals surface area contributed by atoms with E-state index >= 15 is 0 Å². The Labute approximate surface area is 119 Å². The van der Waals surface area contributed by atoms with Gasteiger partial charge < -0.3 is 4.90 Å². The van der Waals surface area contributed by atoms with Gasteiger partial charge in [0.2, 0.25) is 0 Å². The van der Waals surface area contributed by atoms with E-state index < -0.39 is 0 Å². The molecule has 0 saturated carbocycles. The lowest BCUT2D eigenvalue weighted by Gasteiger charge is -2.17. The van der Waals surface area contributed by atoms with Crippen molar-refractivity contribution in [1.29, 1.82) is 0 Å². The topological polar surface area (TPSA) is 33.2 Å². The Kier molecular flexibility index (Phi) is 4.27. The van der Waals surface area contributed by atoms with Gasteiger partial charge in [0.1, 0.15) is 11.5 Å². The van der Waals surface area contributed by atoms with Crippen LogP contribution in [0.5, 0.6) is 0 Å². The Bertz CT molecular complexity index is 604. The van der Waals surface area contributed by atoms with Crippen LogP contribution in [0.25, 0.3) is 0 Å². The Morgan fingerprint density at radius 1 is 1.32 bits per heavy atom. The van der Waals surface area contributed by atoms with Gasteiger partial charge in [-0.25, -0.2) is 9.37 Å². The first-order valence-corrected chi connectivity index (χ1v) is 6.48. The number of carbonyl (C=O) groups excluding carboxylic acids is 1. The predicted molar refractivity (Wildman–Crippen MR) is 74.1 cm³/mol. The molecule has 0 bridgehead atoms. The minimum absolute atomic E-state index is 0.203. The molecule has 1 heterocycles. The first-order chi connectivity index (χ1) is 9.09. The molecule has 0 radical (unpaired) electrons. The largest absolute Gasteiger partial charge is 0.336 e. The van der Waals surface area contributed by atoms with Crippen LogP contribution < -0.4 is 0 Å². The molecular formula is C14H12BrFN2O. The van der Waals surface area contributed by atoms with E-state index in [4.69, 9.17) is 0 Å². The smallest absolute Gasteiger partial charge is 0.273 e. The third kappa shape index (κ3) is 3.17. The molecule has 0 spiro atoms. The summed E-state index contributed by atoms with van der Waals surface area (Å²) in [7, 11) is 1.62. The number of rotatable bonds is 3. The van der Waals surface area contributed by atoms with Crippen LogP contribution in [0, 0.1) is 5.82 Å². The maximum absolute atomic E-state index is 13.5. The Morgan fingerprint density at radius 2 is 2.05 bits per heavy atom. The predicted octanol–water partition coefficient (Wildman–Crippen LogP) is 3.26. The van der Waals surface area contributed by atoms with Crippen molar-refractivity contribution < 1.29 is 9.18 Å². The molecule has 1 amide bonds. The highest BCUT2D eigenvalue weighted by Gasteiger charge is 2.17. The average molecular weight is 323 g/mol. The highest BCUT2D eigenvalue weighted by Crippen LogP contribution is 2.16. The molecule has 0 aliphatic heterocycles. The first kappa shape index (κ1) is 13.7. The third-order valence-corrected chi connectivity index (χ3v) is 3.31. The number of benzene rings is 1. The standard InChI is InChI=1S/C14H12BrFN2O/c1-18(9-10-5-2-3-7-12(10)16)14(19)13-11(15)6-4-8-17-13/h2-8H,9H2,1H3. The zero-order chi connectivity index (χ0) is 13.8. The molecule has 98 valence electrons. The fourth-order valence-electron chi connectivity index (χ4n) is 1.68. The van der Waals surface area contributed by atoms with Gasteiger partial charge in [-0.1, -0.05) is 18.2 Å². The normalized spacial score (nSPS) is 10.3. The number of hydrogen-bond donors (Lipinski definition) is 0. The molecule has 0 unspecified atom stereocenters. The molecule has 1 aromatic carbocycles. The fraction of sp³-hybridized carbons (Fsp3) is 0.143. The van der Waals surface area contributed by atoms with E-state index in [0.717, 1.165) is 0 Å². The summed E-state index contributed by atoms with van der Waals surface area (Å²) in [5.74, 6) is -0.571. The van der Waals surface area contributed by atoms with Crippen LogP contribution >= 0.6 is 15.9 Å². The molecule has 1 aromatic heterocycles. The first-order valence-electron chi connectivity index (χ1n) is 5.69. The zero-order valence-electron chi connectivity index (χ0n) is 10.3. The van der Waals surface area contributed by atoms with E-state index in [0.29, 0.717) is 15.7 Å². The highest BCUT2D eigenvalue weighted by atomic mass is 79.9. The molecular weight excluding hydrogens is 311 g/mol. The van der Waals surface area contributed by atoms with Crippen LogP contribution in [0.3, 0.4) is 0 Å². The molecule has 0 aliphatic carbocycles. The maximum Gasteiger partial charge on any atom is 0.273 e. The number of pyridine rings is 1. The molecule has 2 aromatic rings. The molecule has 0 fully saturated rings. The van der Waals surface area contributed by atoms with Crippen molar-refractivity contribution in [2.75, 3.05) is 7.05 Å². The minimum Gasteiger partial charge on any atom is -0.336 e. The summed E-state index contributed by atoms with van der Waals surface area (Å²) in [4.78, 5) is 17.7. The molecule has 2 rings (SSSR count). The van der Waals surface area contributed by atoms with Crippen LogP contribution in [-0.2, 0) is 6.54 Å². The van der Waals surface area contributed by atoms with Gasteiger partial charge in [-0.3, -0.25) is 4.79 Å². The highest BCUT2D eigenvalue weighted by molar-refractivity contribution is 9.10. The summed E-state index contributed by atoms with van der Waals surface area (Å²) in [5.41, 5.74) is 0.798. The van der Waals surface area contributed by atoms with Crippen molar-refractivity contribution in [3.8, 4) is 0 Å². The molecule has 5 heteroatoms. The van der Waals surface area contributed by atoms with Crippen LogP contribution in [-0.4, -0.2) is 22.8 Å². The van der Waals surface area contributed by atoms with Gasteiger partial charge in [-0.2, -0.15) is 0 Å². The SMILES string of the molecule is CN(Cc1ccccc1F)C(=O)c1ncccc1Br. The lowest BCUT2D eigenvalue weighted by Crippen LogP contribution is -2.27. The van der Waals surface area contributed by atoms with E-state index in [1.165, 1.54) is 11.0 Å². The summed E-state index contributed by atoms with van der Waals surface area (Å²) < 4.78 is 14.2. The molecule has 19 heavy (non-hydrogen) atoms. The van der Waals surface area contributed by atoms with Gasteiger partial charge in [-0.15, -0.1) is 0 Å². The Morgan fingerprint density at radius 3 is 2.74 bits per heavy atom. The van der Waals surface area contributed by atoms with Crippen LogP contribution in [0.2, 0.25) is 0 Å². The number of carbonyl (C=O) groups is 1. The number of hydrogen-bond acceptors (Lipinski definition) is 2. The van der Waals surface area contributed by atoms with Gasteiger partial charge in [0.25, 0.3) is 5.91 Å². The van der Waals surface area contributed by atoms with Crippen molar-refractivity contribution in [3.05, 3.63) is 64.1 Å². The minimum atomic E-state index is -0.317. The van der Waals surface area contributed by atoms with E-state index in [-0.39, 0.29) is 18.3 Å². The maximum atomic E-state index is 13.5. The Hall–Kier alpha value is -1.75. The number of aromatic nitrogens is 1. The molecule has 0 N–H and O–H groups in total. The second kappa shape index (κ2) is 5.93. The van der Waals surface area contributed by atoms with E-state index in [2.05, 4.69) is 20.9 Å². The summed E-state index contributed by atoms with van der Waals surface area (Å²) in [6.07, 6.45) is 1.55. The van der Waals surface area contributed by atoms with Crippen molar-refractivity contribution in [2.24, 2.45) is 0 Å². The summed E-state index contributed by atoms with van der Waals surface area (Å²) in [6, 6.07) is 9.88. The fourth-order valence-corrected chi connectivity index (χ4v) is 2.10. The number of halogens is 2. The lowest BCUT2D eigenvalue weighted by atomic mass is 10.2. The zero-order valence-corrected chi connectivity index (χ0v) is 11.9. The van der Waals surface area contributed by atoms with E-state index in [9.17, 15) is 9.18 Å². The Balaban J connectivity index is 2.17. The lowest BCUT2D eigenvalue weighted by molar-refractivity contribution is 0.0777. The van der Waals surface area contributed by atoms with Crippen LogP contribution in [0.4, 0.5) is 4.39 Å². The van der Waals surface area contributed by atoms with Gasteiger partial charge in [0, 0.05) is 29.8 Å². The van der Waals surface area contributed by atoms with Crippen molar-refractivity contribution in [3.63, 3.8) is 0 Å². The van der Waals surface area contributed by atoms with Crippen LogP contribution in [0.15, 0.2) is 47.1 Å². The van der Waals surface area contributed by atoms with Gasteiger partial charge in [0.15, 0.2) is 0 Å². The summed E-state index contributed by atoms with van der Waals surface area (Å²) in [5, 5.41) is 0. The second-order valence-corrected chi connectivity index (χ2v) is 4.94. The van der Waals surface area contributed by atoms with Crippen molar-refractivity contribution in [2.45, 2.75) is 6.54 Å². The quantitative estimate of drug-likeness (QED) is 0.869. The summed E-state index contributed by atoms with van der Waals surface area (Å²) in [6.45, 7) is 0.203. The second-order valence-electron chi connectivity index (χ2n) is 4.09. The van der Waals surface area contributed by atoms with Crippen molar-refractivity contribution in [1.82, 2.24) is 9.88 Å². The summed E-state index contributed by atoms with van der Waals surface area (Å²) >= 11 is 3.28. The molecule has 0 saturated heterocycles. The number of nitrogens with zero attached hydrogens (tertiary/aromatic N) is 2. The van der Waals surface area contributed by atoms with Gasteiger partial charge in [0.05, 0.1) is 0 Å². The molecule has 3 nitrogen and oxygen atoms in total. The number of amides is 1. The van der Waals surface area contributed by atoms with Crippen LogP contribution in [0.1, 0.15) is 16.1 Å². The third-order valence-electron chi connectivity index (χ3n) is 2.67. The van der Waals surface area contributed by atoms with Crippen molar-refractivity contribution >= 4 is 21.8 Å². The van der Waals surface area contributed by atoms with Gasteiger partial charge in [-0.05, 0) is 34.1 Å². The molecule has 0 aliphatic rings.